The highest BCUT2D eigenvalue weighted by atomic mass is 35.5. The van der Waals surface area contributed by atoms with Crippen LogP contribution in [0, 0.1) is 5.41 Å². The molecule has 2 saturated carbocycles. The number of rotatable bonds is 2. The molecule has 1 aromatic rings. The third-order valence-electron chi connectivity index (χ3n) is 5.47. The summed E-state index contributed by atoms with van der Waals surface area (Å²) in [6.07, 6.45) is 7.79. The van der Waals surface area contributed by atoms with Gasteiger partial charge in [0.05, 0.1) is 0 Å². The Bertz CT molecular complexity index is 479. The monoisotopic (exact) mass is 306 g/mol. The van der Waals surface area contributed by atoms with Crippen molar-refractivity contribution in [1.82, 2.24) is 0 Å². The van der Waals surface area contributed by atoms with Gasteiger partial charge in [-0.1, -0.05) is 52.2 Å². The van der Waals surface area contributed by atoms with Crippen molar-refractivity contribution >= 4 is 11.6 Å². The van der Waals surface area contributed by atoms with Gasteiger partial charge in [-0.15, -0.1) is 11.6 Å². The molecule has 2 unspecified atom stereocenters. The predicted molar refractivity (Wildman–Crippen MR) is 89.3 cm³/mol. The van der Waals surface area contributed by atoms with E-state index in [-0.39, 0.29) is 10.8 Å². The summed E-state index contributed by atoms with van der Waals surface area (Å²) in [6, 6.07) is 8.64. The van der Waals surface area contributed by atoms with Gasteiger partial charge >= 0.3 is 0 Å². The minimum Gasteiger partial charge on any atom is -0.490 e. The number of alkyl halides is 1. The molecule has 0 aliphatic heterocycles. The topological polar surface area (TPSA) is 9.23 Å². The maximum Gasteiger partial charge on any atom is 0.119 e. The molecule has 2 fully saturated rings. The minimum absolute atomic E-state index is 0.195. The fourth-order valence-corrected chi connectivity index (χ4v) is 4.43. The van der Waals surface area contributed by atoms with Crippen LogP contribution >= 0.6 is 11.6 Å². The fourth-order valence-electron chi connectivity index (χ4n) is 3.91. The summed E-state index contributed by atoms with van der Waals surface area (Å²) in [6.45, 7) is 6.72. The van der Waals surface area contributed by atoms with Crippen LogP contribution in [0.15, 0.2) is 24.3 Å². The number of ether oxygens (including phenoxy) is 1. The van der Waals surface area contributed by atoms with Gasteiger partial charge < -0.3 is 4.74 Å². The van der Waals surface area contributed by atoms with E-state index in [2.05, 4.69) is 45.0 Å². The first-order chi connectivity index (χ1) is 9.92. The van der Waals surface area contributed by atoms with Gasteiger partial charge in [-0.3, -0.25) is 0 Å². The van der Waals surface area contributed by atoms with E-state index in [1.165, 1.54) is 37.7 Å². The Hall–Kier alpha value is -0.690. The summed E-state index contributed by atoms with van der Waals surface area (Å²) in [5.74, 6) is 1.00. The first kappa shape index (κ1) is 15.2. The standard InChI is InChI=1S/C19H27ClO/c1-18(2,3)14-7-9-15(10-8-14)21-17-13-16(20)19(17)11-5-4-6-12-19/h7-10,16-17H,4-6,11-13H2,1-3H3. The van der Waals surface area contributed by atoms with E-state index >= 15 is 0 Å². The Balaban J connectivity index is 1.69. The van der Waals surface area contributed by atoms with Crippen molar-refractivity contribution in [2.75, 3.05) is 0 Å². The third-order valence-corrected chi connectivity index (χ3v) is 6.08. The predicted octanol–water partition coefficient (Wildman–Crippen LogP) is 5.69. The number of halogens is 1. The van der Waals surface area contributed by atoms with Crippen molar-refractivity contribution in [2.45, 2.75) is 76.2 Å². The summed E-state index contributed by atoms with van der Waals surface area (Å²) >= 11 is 6.55. The largest absolute Gasteiger partial charge is 0.490 e. The van der Waals surface area contributed by atoms with Crippen molar-refractivity contribution in [2.24, 2.45) is 5.41 Å². The van der Waals surface area contributed by atoms with Crippen LogP contribution in [0.1, 0.15) is 64.9 Å². The zero-order chi connectivity index (χ0) is 15.1. The highest BCUT2D eigenvalue weighted by Crippen LogP contribution is 2.55. The molecule has 116 valence electrons. The fraction of sp³-hybridized carbons (Fsp3) is 0.684. The first-order valence-electron chi connectivity index (χ1n) is 8.33. The molecule has 0 N–H and O–H groups in total. The van der Waals surface area contributed by atoms with Crippen molar-refractivity contribution in [3.05, 3.63) is 29.8 Å². The summed E-state index contributed by atoms with van der Waals surface area (Å²) < 4.78 is 6.30. The van der Waals surface area contributed by atoms with Crippen LogP contribution in [-0.2, 0) is 5.41 Å². The minimum atomic E-state index is 0.195. The molecule has 0 aromatic heterocycles. The Kier molecular flexibility index (Phi) is 3.98. The molecular weight excluding hydrogens is 280 g/mol. The highest BCUT2D eigenvalue weighted by Gasteiger charge is 2.55. The Morgan fingerprint density at radius 2 is 1.67 bits per heavy atom. The van der Waals surface area contributed by atoms with E-state index in [0.29, 0.717) is 11.5 Å². The summed E-state index contributed by atoms with van der Waals surface area (Å²) in [7, 11) is 0. The molecule has 1 spiro atoms. The number of hydrogen-bond donors (Lipinski definition) is 0. The van der Waals surface area contributed by atoms with Crippen LogP contribution in [0.5, 0.6) is 5.75 Å². The Labute approximate surface area is 134 Å². The van der Waals surface area contributed by atoms with Crippen molar-refractivity contribution in [3.8, 4) is 5.75 Å². The van der Waals surface area contributed by atoms with Crippen molar-refractivity contribution in [3.63, 3.8) is 0 Å². The van der Waals surface area contributed by atoms with E-state index < -0.39 is 0 Å². The molecule has 1 aromatic carbocycles. The first-order valence-corrected chi connectivity index (χ1v) is 8.77. The van der Waals surface area contributed by atoms with E-state index in [1.807, 2.05) is 0 Å². The molecular formula is C19H27ClO. The maximum atomic E-state index is 6.55. The normalized spacial score (nSPS) is 28.2. The molecule has 2 atom stereocenters. The second-order valence-electron chi connectivity index (χ2n) is 7.88. The molecule has 0 amide bonds. The van der Waals surface area contributed by atoms with Crippen LogP contribution in [-0.4, -0.2) is 11.5 Å². The van der Waals surface area contributed by atoms with Crippen LogP contribution in [0.3, 0.4) is 0 Å². The lowest BCUT2D eigenvalue weighted by atomic mass is 9.58. The summed E-state index contributed by atoms with van der Waals surface area (Å²) in [4.78, 5) is 0. The molecule has 0 radical (unpaired) electrons. The zero-order valence-corrected chi connectivity index (χ0v) is 14.2. The van der Waals surface area contributed by atoms with Gasteiger partial charge in [0.2, 0.25) is 0 Å². The van der Waals surface area contributed by atoms with Crippen LogP contribution < -0.4 is 4.74 Å². The van der Waals surface area contributed by atoms with Gasteiger partial charge in [-0.25, -0.2) is 0 Å². The van der Waals surface area contributed by atoms with Crippen LogP contribution in [0.2, 0.25) is 0 Å². The number of hydrogen-bond acceptors (Lipinski definition) is 1. The van der Waals surface area contributed by atoms with Crippen molar-refractivity contribution < 1.29 is 4.74 Å². The van der Waals surface area contributed by atoms with E-state index in [0.717, 1.165) is 12.2 Å². The van der Waals surface area contributed by atoms with Gasteiger partial charge in [0.15, 0.2) is 0 Å². The molecule has 3 rings (SSSR count). The molecule has 2 heteroatoms. The quantitative estimate of drug-likeness (QED) is 0.637. The molecule has 0 bridgehead atoms. The van der Waals surface area contributed by atoms with E-state index in [9.17, 15) is 0 Å². The van der Waals surface area contributed by atoms with Crippen molar-refractivity contribution in [1.29, 1.82) is 0 Å². The van der Waals surface area contributed by atoms with Gasteiger partial charge in [0.25, 0.3) is 0 Å². The van der Waals surface area contributed by atoms with Gasteiger partial charge in [-0.2, -0.15) is 0 Å². The molecule has 1 nitrogen and oxygen atoms in total. The molecule has 2 aliphatic rings. The van der Waals surface area contributed by atoms with E-state index in [1.54, 1.807) is 0 Å². The maximum absolute atomic E-state index is 6.55. The lowest BCUT2D eigenvalue weighted by Gasteiger charge is -2.55. The van der Waals surface area contributed by atoms with Crippen LogP contribution in [0.4, 0.5) is 0 Å². The molecule has 2 aliphatic carbocycles. The average Bonchev–Trinajstić information content (AvgIpc) is 2.47. The second-order valence-corrected chi connectivity index (χ2v) is 8.40. The molecule has 0 saturated heterocycles. The summed E-state index contributed by atoms with van der Waals surface area (Å²) in [5.41, 5.74) is 1.80. The second kappa shape index (κ2) is 5.50. The molecule has 0 heterocycles. The Morgan fingerprint density at radius 1 is 1.05 bits per heavy atom. The lowest BCUT2D eigenvalue weighted by Crippen LogP contribution is -2.58. The lowest BCUT2D eigenvalue weighted by molar-refractivity contribution is -0.0650. The third kappa shape index (κ3) is 2.82. The van der Waals surface area contributed by atoms with Gasteiger partial charge in [0, 0.05) is 17.2 Å². The smallest absolute Gasteiger partial charge is 0.119 e. The highest BCUT2D eigenvalue weighted by molar-refractivity contribution is 6.21. The van der Waals surface area contributed by atoms with E-state index in [4.69, 9.17) is 16.3 Å². The average molecular weight is 307 g/mol. The molecule has 21 heavy (non-hydrogen) atoms. The number of benzene rings is 1. The summed E-state index contributed by atoms with van der Waals surface area (Å²) in [5, 5.41) is 0.316. The van der Waals surface area contributed by atoms with Gasteiger partial charge in [0.1, 0.15) is 11.9 Å². The van der Waals surface area contributed by atoms with Crippen LogP contribution in [0.25, 0.3) is 0 Å². The SMILES string of the molecule is CC(C)(C)c1ccc(OC2CC(Cl)C23CCCCC3)cc1. The van der Waals surface area contributed by atoms with Gasteiger partial charge in [-0.05, 0) is 36.0 Å². The zero-order valence-electron chi connectivity index (χ0n) is 13.5. The Morgan fingerprint density at radius 3 is 2.19 bits per heavy atom.